The normalized spacial score (nSPS) is 33.1. The van der Waals surface area contributed by atoms with E-state index in [9.17, 15) is 4.79 Å². The maximum atomic E-state index is 11.0. The van der Waals surface area contributed by atoms with Crippen LogP contribution in [0.4, 0.5) is 0 Å². The van der Waals surface area contributed by atoms with Crippen LogP contribution in [0, 0.1) is 5.92 Å². The van der Waals surface area contributed by atoms with Crippen LogP contribution < -0.4 is 5.73 Å². The second-order valence-corrected chi connectivity index (χ2v) is 5.45. The first-order valence-corrected chi connectivity index (χ1v) is 6.35. The van der Waals surface area contributed by atoms with Crippen molar-refractivity contribution in [2.75, 3.05) is 19.6 Å². The molecule has 0 spiro atoms. The van der Waals surface area contributed by atoms with Crippen LogP contribution in [-0.2, 0) is 4.79 Å². The largest absolute Gasteiger partial charge is 0.480 e. The Balaban J connectivity index is 1.82. The zero-order chi connectivity index (χ0) is 11.6. The number of carbonyl (C=O) groups is 1. The number of nitrogens with zero attached hydrogens (tertiary/aromatic N) is 1. The quantitative estimate of drug-likeness (QED) is 0.755. The Labute approximate surface area is 96.8 Å². The third kappa shape index (κ3) is 2.55. The first-order chi connectivity index (χ1) is 7.60. The minimum atomic E-state index is -0.991. The lowest BCUT2D eigenvalue weighted by Crippen LogP contribution is -2.50. The summed E-state index contributed by atoms with van der Waals surface area (Å²) in [6, 6.07) is 0. The van der Waals surface area contributed by atoms with Crippen molar-refractivity contribution in [3.63, 3.8) is 0 Å². The molecule has 1 aliphatic carbocycles. The zero-order valence-corrected chi connectivity index (χ0v) is 9.82. The lowest BCUT2D eigenvalue weighted by atomic mass is 9.89. The summed E-state index contributed by atoms with van der Waals surface area (Å²) in [6.45, 7) is 2.42. The van der Waals surface area contributed by atoms with Gasteiger partial charge in [0.05, 0.1) is 0 Å². The molecule has 0 aromatic carbocycles. The Hall–Kier alpha value is -0.610. The molecular formula is C12H22N2O2. The first kappa shape index (κ1) is 11.9. The maximum Gasteiger partial charge on any atom is 0.325 e. The van der Waals surface area contributed by atoms with Gasteiger partial charge >= 0.3 is 5.97 Å². The van der Waals surface area contributed by atoms with Crippen molar-refractivity contribution in [2.45, 2.75) is 44.1 Å². The van der Waals surface area contributed by atoms with Gasteiger partial charge in [0.2, 0.25) is 0 Å². The Kier molecular flexibility index (Phi) is 3.50. The lowest BCUT2D eigenvalue weighted by Gasteiger charge is -2.27. The highest BCUT2D eigenvalue weighted by atomic mass is 16.4. The predicted octanol–water partition coefficient (Wildman–Crippen LogP) is 1.05. The van der Waals surface area contributed by atoms with E-state index in [0.717, 1.165) is 19.0 Å². The van der Waals surface area contributed by atoms with Gasteiger partial charge in [0, 0.05) is 19.6 Å². The molecule has 2 fully saturated rings. The van der Waals surface area contributed by atoms with E-state index in [1.54, 1.807) is 0 Å². The molecule has 0 aromatic heterocycles. The molecule has 92 valence electrons. The molecule has 1 aliphatic heterocycles. The first-order valence-electron chi connectivity index (χ1n) is 6.35. The van der Waals surface area contributed by atoms with Gasteiger partial charge in [-0.2, -0.15) is 0 Å². The van der Waals surface area contributed by atoms with Crippen LogP contribution in [0.1, 0.15) is 38.5 Å². The molecule has 0 aromatic rings. The fraction of sp³-hybridized carbons (Fsp3) is 0.917. The summed E-state index contributed by atoms with van der Waals surface area (Å²) in [5.41, 5.74) is 4.86. The molecule has 1 saturated heterocycles. The van der Waals surface area contributed by atoms with Crippen LogP contribution in [-0.4, -0.2) is 41.1 Å². The number of aliphatic carboxylic acids is 1. The second-order valence-electron chi connectivity index (χ2n) is 5.45. The zero-order valence-electron chi connectivity index (χ0n) is 9.82. The lowest BCUT2D eigenvalue weighted by molar-refractivity contribution is -0.142. The van der Waals surface area contributed by atoms with Crippen LogP contribution >= 0.6 is 0 Å². The van der Waals surface area contributed by atoms with Crippen LogP contribution in [0.25, 0.3) is 0 Å². The van der Waals surface area contributed by atoms with Crippen LogP contribution in [0.5, 0.6) is 0 Å². The van der Waals surface area contributed by atoms with Crippen LogP contribution in [0.2, 0.25) is 0 Å². The van der Waals surface area contributed by atoms with Gasteiger partial charge in [0.15, 0.2) is 0 Å². The smallest absolute Gasteiger partial charge is 0.325 e. The molecule has 16 heavy (non-hydrogen) atoms. The van der Waals surface area contributed by atoms with E-state index in [0.29, 0.717) is 13.0 Å². The van der Waals surface area contributed by atoms with Gasteiger partial charge in [-0.3, -0.25) is 4.79 Å². The highest BCUT2D eigenvalue weighted by Crippen LogP contribution is 2.27. The fourth-order valence-electron chi connectivity index (χ4n) is 2.98. The second kappa shape index (κ2) is 4.72. The van der Waals surface area contributed by atoms with Gasteiger partial charge in [0.25, 0.3) is 0 Å². The molecule has 1 saturated carbocycles. The molecular weight excluding hydrogens is 204 g/mol. The average molecular weight is 226 g/mol. The molecule has 0 radical (unpaired) electrons. The summed E-state index contributed by atoms with van der Waals surface area (Å²) in [7, 11) is 0. The van der Waals surface area contributed by atoms with Gasteiger partial charge in [-0.1, -0.05) is 19.3 Å². The van der Waals surface area contributed by atoms with Crippen molar-refractivity contribution in [2.24, 2.45) is 11.7 Å². The average Bonchev–Trinajstić information content (AvgIpc) is 2.63. The number of hydrogen-bond acceptors (Lipinski definition) is 3. The van der Waals surface area contributed by atoms with Crippen molar-refractivity contribution >= 4 is 5.97 Å². The SMILES string of the molecule is NC1(C(=O)O)CCN(CC2CCCCC2)C1. The number of rotatable bonds is 3. The molecule has 3 N–H and O–H groups in total. The number of carboxylic acid groups (broad SMARTS) is 1. The van der Waals surface area contributed by atoms with Crippen molar-refractivity contribution in [3.05, 3.63) is 0 Å². The minimum Gasteiger partial charge on any atom is -0.480 e. The molecule has 2 aliphatic rings. The Morgan fingerprint density at radius 3 is 2.62 bits per heavy atom. The molecule has 1 unspecified atom stereocenters. The van der Waals surface area contributed by atoms with Crippen LogP contribution in [0.3, 0.4) is 0 Å². The van der Waals surface area contributed by atoms with Gasteiger partial charge in [-0.15, -0.1) is 0 Å². The van der Waals surface area contributed by atoms with E-state index >= 15 is 0 Å². The maximum absolute atomic E-state index is 11.0. The standard InChI is InChI=1S/C12H22N2O2/c13-12(11(15)16)6-7-14(9-12)8-10-4-2-1-3-5-10/h10H,1-9,13H2,(H,15,16). The third-order valence-electron chi connectivity index (χ3n) is 4.05. The summed E-state index contributed by atoms with van der Waals surface area (Å²) in [6.07, 6.45) is 7.25. The molecule has 0 bridgehead atoms. The number of nitrogens with two attached hydrogens (primary N) is 1. The van der Waals surface area contributed by atoms with Crippen molar-refractivity contribution in [1.82, 2.24) is 4.90 Å². The van der Waals surface area contributed by atoms with Crippen molar-refractivity contribution in [1.29, 1.82) is 0 Å². The summed E-state index contributed by atoms with van der Waals surface area (Å²) < 4.78 is 0. The molecule has 1 heterocycles. The monoisotopic (exact) mass is 226 g/mol. The molecule has 4 nitrogen and oxygen atoms in total. The number of hydrogen-bond donors (Lipinski definition) is 2. The Morgan fingerprint density at radius 2 is 2.06 bits per heavy atom. The summed E-state index contributed by atoms with van der Waals surface area (Å²) >= 11 is 0. The topological polar surface area (TPSA) is 66.6 Å². The van der Waals surface area contributed by atoms with Crippen LogP contribution in [0.15, 0.2) is 0 Å². The Morgan fingerprint density at radius 1 is 1.38 bits per heavy atom. The van der Waals surface area contributed by atoms with E-state index in [4.69, 9.17) is 10.8 Å². The van der Waals surface area contributed by atoms with Crippen molar-refractivity contribution < 1.29 is 9.90 Å². The molecule has 2 rings (SSSR count). The summed E-state index contributed by atoms with van der Waals surface area (Å²) in [5.74, 6) is -0.0801. The molecule has 4 heteroatoms. The van der Waals surface area contributed by atoms with Gasteiger partial charge in [-0.05, 0) is 25.2 Å². The van der Waals surface area contributed by atoms with Gasteiger partial charge in [0.1, 0.15) is 5.54 Å². The highest BCUT2D eigenvalue weighted by Gasteiger charge is 2.41. The van der Waals surface area contributed by atoms with Crippen molar-refractivity contribution in [3.8, 4) is 0 Å². The summed E-state index contributed by atoms with van der Waals surface area (Å²) in [4.78, 5) is 13.2. The third-order valence-corrected chi connectivity index (χ3v) is 4.05. The van der Waals surface area contributed by atoms with E-state index in [1.807, 2.05) is 0 Å². The fourth-order valence-corrected chi connectivity index (χ4v) is 2.98. The van der Waals surface area contributed by atoms with Gasteiger partial charge < -0.3 is 15.7 Å². The number of carboxylic acids is 1. The van der Waals surface area contributed by atoms with E-state index < -0.39 is 11.5 Å². The molecule has 0 amide bonds. The number of likely N-dealkylation sites (tertiary alicyclic amines) is 1. The van der Waals surface area contributed by atoms with Gasteiger partial charge in [-0.25, -0.2) is 0 Å². The highest BCUT2D eigenvalue weighted by molar-refractivity contribution is 5.79. The van der Waals surface area contributed by atoms with E-state index in [2.05, 4.69) is 4.90 Å². The van der Waals surface area contributed by atoms with E-state index in [-0.39, 0.29) is 0 Å². The Bertz CT molecular complexity index is 264. The molecule has 1 atom stereocenters. The minimum absolute atomic E-state index is 0.527. The summed E-state index contributed by atoms with van der Waals surface area (Å²) in [5, 5.41) is 9.04. The predicted molar refractivity (Wildman–Crippen MR) is 62.2 cm³/mol. The van der Waals surface area contributed by atoms with E-state index in [1.165, 1.54) is 32.1 Å².